The van der Waals surface area contributed by atoms with Crippen molar-refractivity contribution in [2.45, 2.75) is 72.0 Å². The normalized spacial score (nSPS) is 22.6. The fourth-order valence-electron chi connectivity index (χ4n) is 3.25. The SMILES string of the molecule is CCC(CC)NCC(C)N1CCC(N(CC)CC)C1. The molecule has 0 spiro atoms. The van der Waals surface area contributed by atoms with Gasteiger partial charge in [0.05, 0.1) is 0 Å². The molecule has 2 unspecified atom stereocenters. The fourth-order valence-corrected chi connectivity index (χ4v) is 3.25. The Morgan fingerprint density at radius 3 is 2.32 bits per heavy atom. The van der Waals surface area contributed by atoms with E-state index in [0.717, 1.165) is 12.6 Å². The zero-order valence-electron chi connectivity index (χ0n) is 13.8. The minimum absolute atomic E-state index is 0.668. The quantitative estimate of drug-likeness (QED) is 0.694. The summed E-state index contributed by atoms with van der Waals surface area (Å²) in [5, 5.41) is 3.71. The van der Waals surface area contributed by atoms with Gasteiger partial charge in [-0.05, 0) is 39.3 Å². The minimum Gasteiger partial charge on any atom is -0.312 e. The van der Waals surface area contributed by atoms with Crippen molar-refractivity contribution < 1.29 is 0 Å². The molecule has 1 fully saturated rings. The van der Waals surface area contributed by atoms with E-state index in [1.807, 2.05) is 0 Å². The number of hydrogen-bond acceptors (Lipinski definition) is 3. The molecule has 0 saturated carbocycles. The summed E-state index contributed by atoms with van der Waals surface area (Å²) in [6.07, 6.45) is 3.83. The summed E-state index contributed by atoms with van der Waals surface area (Å²) in [5.41, 5.74) is 0. The third kappa shape index (κ3) is 5.05. The maximum Gasteiger partial charge on any atom is 0.0235 e. The third-order valence-electron chi connectivity index (χ3n) is 4.83. The van der Waals surface area contributed by atoms with Gasteiger partial charge in [-0.3, -0.25) is 9.80 Å². The second-order valence-corrected chi connectivity index (χ2v) is 5.93. The van der Waals surface area contributed by atoms with Gasteiger partial charge in [-0.15, -0.1) is 0 Å². The van der Waals surface area contributed by atoms with Crippen LogP contribution in [0.5, 0.6) is 0 Å². The largest absolute Gasteiger partial charge is 0.312 e. The van der Waals surface area contributed by atoms with Gasteiger partial charge in [-0.2, -0.15) is 0 Å². The standard InChI is InChI=1S/C16H35N3/c1-6-15(7-2)17-12-14(5)19-11-10-16(13-19)18(8-3)9-4/h14-17H,6-13H2,1-5H3. The second kappa shape index (κ2) is 8.93. The van der Waals surface area contributed by atoms with Crippen molar-refractivity contribution >= 4 is 0 Å². The summed E-state index contributed by atoms with van der Waals surface area (Å²) in [6.45, 7) is 17.5. The van der Waals surface area contributed by atoms with Gasteiger partial charge in [-0.25, -0.2) is 0 Å². The molecule has 0 amide bonds. The fraction of sp³-hybridized carbons (Fsp3) is 1.00. The lowest BCUT2D eigenvalue weighted by atomic mass is 10.1. The molecule has 114 valence electrons. The first kappa shape index (κ1) is 16.9. The minimum atomic E-state index is 0.668. The molecule has 1 aliphatic rings. The average Bonchev–Trinajstić information content (AvgIpc) is 2.91. The Labute approximate surface area is 120 Å². The van der Waals surface area contributed by atoms with E-state index < -0.39 is 0 Å². The predicted octanol–water partition coefficient (Wildman–Crippen LogP) is 2.57. The van der Waals surface area contributed by atoms with Crippen LogP contribution in [-0.4, -0.2) is 60.6 Å². The van der Waals surface area contributed by atoms with Crippen molar-refractivity contribution in [1.82, 2.24) is 15.1 Å². The van der Waals surface area contributed by atoms with E-state index in [1.54, 1.807) is 0 Å². The van der Waals surface area contributed by atoms with Crippen LogP contribution in [0, 0.1) is 0 Å². The van der Waals surface area contributed by atoms with Crippen molar-refractivity contribution in [3.05, 3.63) is 0 Å². The van der Waals surface area contributed by atoms with Gasteiger partial charge in [0.15, 0.2) is 0 Å². The van der Waals surface area contributed by atoms with Gasteiger partial charge in [0.2, 0.25) is 0 Å². The lowest BCUT2D eigenvalue weighted by Gasteiger charge is -2.29. The number of likely N-dealkylation sites (tertiary alicyclic amines) is 1. The lowest BCUT2D eigenvalue weighted by molar-refractivity contribution is 0.189. The molecule has 3 nitrogen and oxygen atoms in total. The van der Waals surface area contributed by atoms with Gasteiger partial charge in [0.25, 0.3) is 0 Å². The molecule has 1 heterocycles. The molecular weight excluding hydrogens is 234 g/mol. The molecule has 1 N–H and O–H groups in total. The van der Waals surface area contributed by atoms with Crippen LogP contribution >= 0.6 is 0 Å². The second-order valence-electron chi connectivity index (χ2n) is 5.93. The first-order chi connectivity index (χ1) is 9.15. The van der Waals surface area contributed by atoms with E-state index in [1.165, 1.54) is 45.4 Å². The van der Waals surface area contributed by atoms with Gasteiger partial charge >= 0.3 is 0 Å². The van der Waals surface area contributed by atoms with Crippen LogP contribution in [0.2, 0.25) is 0 Å². The Hall–Kier alpha value is -0.120. The zero-order chi connectivity index (χ0) is 14.3. The van der Waals surface area contributed by atoms with Gasteiger partial charge in [0, 0.05) is 37.8 Å². The van der Waals surface area contributed by atoms with Crippen LogP contribution in [0.15, 0.2) is 0 Å². The highest BCUT2D eigenvalue weighted by molar-refractivity contribution is 4.86. The average molecular weight is 269 g/mol. The molecule has 0 bridgehead atoms. The maximum atomic E-state index is 3.71. The van der Waals surface area contributed by atoms with E-state index in [9.17, 15) is 0 Å². The van der Waals surface area contributed by atoms with Crippen molar-refractivity contribution in [3.8, 4) is 0 Å². The summed E-state index contributed by atoms with van der Waals surface area (Å²) in [7, 11) is 0. The first-order valence-electron chi connectivity index (χ1n) is 8.37. The molecule has 0 radical (unpaired) electrons. The van der Waals surface area contributed by atoms with Crippen molar-refractivity contribution in [1.29, 1.82) is 0 Å². The van der Waals surface area contributed by atoms with Crippen LogP contribution in [0.1, 0.15) is 53.9 Å². The van der Waals surface area contributed by atoms with E-state index >= 15 is 0 Å². The summed E-state index contributed by atoms with van der Waals surface area (Å²) < 4.78 is 0. The predicted molar refractivity (Wildman–Crippen MR) is 84.7 cm³/mol. The number of nitrogens with zero attached hydrogens (tertiary/aromatic N) is 2. The van der Waals surface area contributed by atoms with Crippen LogP contribution < -0.4 is 5.32 Å². The Bertz CT molecular complexity index is 224. The molecule has 1 saturated heterocycles. The zero-order valence-corrected chi connectivity index (χ0v) is 13.8. The number of hydrogen-bond donors (Lipinski definition) is 1. The smallest absolute Gasteiger partial charge is 0.0235 e. The molecular formula is C16H35N3. The molecule has 19 heavy (non-hydrogen) atoms. The number of nitrogens with one attached hydrogen (secondary N) is 1. The van der Waals surface area contributed by atoms with Gasteiger partial charge < -0.3 is 5.32 Å². The Morgan fingerprint density at radius 2 is 1.79 bits per heavy atom. The molecule has 0 aliphatic carbocycles. The molecule has 0 aromatic carbocycles. The van der Waals surface area contributed by atoms with Gasteiger partial charge in [-0.1, -0.05) is 27.7 Å². The van der Waals surface area contributed by atoms with Crippen LogP contribution in [0.4, 0.5) is 0 Å². The topological polar surface area (TPSA) is 18.5 Å². The monoisotopic (exact) mass is 269 g/mol. The van der Waals surface area contributed by atoms with E-state index in [-0.39, 0.29) is 0 Å². The van der Waals surface area contributed by atoms with Crippen LogP contribution in [0.25, 0.3) is 0 Å². The number of likely N-dealkylation sites (N-methyl/N-ethyl adjacent to an activating group) is 1. The highest BCUT2D eigenvalue weighted by atomic mass is 15.3. The summed E-state index contributed by atoms with van der Waals surface area (Å²) >= 11 is 0. The molecule has 1 aliphatic heterocycles. The van der Waals surface area contributed by atoms with Crippen molar-refractivity contribution in [2.75, 3.05) is 32.7 Å². The van der Waals surface area contributed by atoms with E-state index in [0.29, 0.717) is 12.1 Å². The molecule has 2 atom stereocenters. The highest BCUT2D eigenvalue weighted by Gasteiger charge is 2.28. The van der Waals surface area contributed by atoms with Crippen LogP contribution in [-0.2, 0) is 0 Å². The molecule has 0 aromatic rings. The maximum absolute atomic E-state index is 3.71. The van der Waals surface area contributed by atoms with E-state index in [4.69, 9.17) is 0 Å². The molecule has 0 aromatic heterocycles. The van der Waals surface area contributed by atoms with Crippen molar-refractivity contribution in [2.24, 2.45) is 0 Å². The first-order valence-corrected chi connectivity index (χ1v) is 8.37. The van der Waals surface area contributed by atoms with Gasteiger partial charge in [0.1, 0.15) is 0 Å². The lowest BCUT2D eigenvalue weighted by Crippen LogP contribution is -2.44. The Morgan fingerprint density at radius 1 is 1.16 bits per heavy atom. The van der Waals surface area contributed by atoms with Crippen LogP contribution in [0.3, 0.4) is 0 Å². The number of rotatable bonds is 9. The third-order valence-corrected chi connectivity index (χ3v) is 4.83. The Balaban J connectivity index is 2.33. The highest BCUT2D eigenvalue weighted by Crippen LogP contribution is 2.17. The molecule has 1 rings (SSSR count). The Kier molecular flexibility index (Phi) is 7.96. The summed E-state index contributed by atoms with van der Waals surface area (Å²) in [5.74, 6) is 0. The van der Waals surface area contributed by atoms with Crippen molar-refractivity contribution in [3.63, 3.8) is 0 Å². The molecule has 3 heteroatoms. The summed E-state index contributed by atoms with van der Waals surface area (Å²) in [6, 6.07) is 2.15. The van der Waals surface area contributed by atoms with E-state index in [2.05, 4.69) is 49.7 Å². The summed E-state index contributed by atoms with van der Waals surface area (Å²) in [4.78, 5) is 5.28.